The van der Waals surface area contributed by atoms with E-state index in [1.165, 1.54) is 0 Å². The second-order valence-corrected chi connectivity index (χ2v) is 5.08. The molecule has 0 aliphatic heterocycles. The molecule has 1 aromatic carbocycles. The Bertz CT molecular complexity index is 539. The maximum absolute atomic E-state index is 5.60. The average Bonchev–Trinajstić information content (AvgIpc) is 2.81. The van der Waals surface area contributed by atoms with Gasteiger partial charge in [0.1, 0.15) is 4.99 Å². The highest BCUT2D eigenvalue weighted by Gasteiger charge is 2.03. The summed E-state index contributed by atoms with van der Waals surface area (Å²) in [5.41, 5.74) is 7.48. The first-order chi connectivity index (χ1) is 8.66. The van der Waals surface area contributed by atoms with Crippen LogP contribution in [0.3, 0.4) is 0 Å². The quantitative estimate of drug-likeness (QED) is 0.829. The Labute approximate surface area is 119 Å². The van der Waals surface area contributed by atoms with Gasteiger partial charge in [-0.1, -0.05) is 12.2 Å². The summed E-state index contributed by atoms with van der Waals surface area (Å²) in [6, 6.07) is 5.85. The Balaban J connectivity index is 1.94. The first-order valence-electron chi connectivity index (χ1n) is 5.46. The van der Waals surface area contributed by atoms with Crippen molar-refractivity contribution in [1.82, 2.24) is 9.55 Å². The van der Waals surface area contributed by atoms with Crippen LogP contribution in [0.4, 0.5) is 5.69 Å². The van der Waals surface area contributed by atoms with Crippen LogP contribution in [0.15, 0.2) is 41.4 Å². The van der Waals surface area contributed by atoms with Crippen molar-refractivity contribution in [3.8, 4) is 0 Å². The lowest BCUT2D eigenvalue weighted by molar-refractivity contribution is 0.727. The largest absolute Gasteiger partial charge is 0.389 e. The van der Waals surface area contributed by atoms with Gasteiger partial charge in [-0.25, -0.2) is 4.98 Å². The summed E-state index contributed by atoms with van der Waals surface area (Å²) in [7, 11) is 0. The number of nitrogens with two attached hydrogens (primary N) is 1. The van der Waals surface area contributed by atoms with Crippen LogP contribution < -0.4 is 11.1 Å². The lowest BCUT2D eigenvalue weighted by atomic mass is 10.2. The van der Waals surface area contributed by atoms with Crippen LogP contribution in [0.5, 0.6) is 0 Å². The third-order valence-corrected chi connectivity index (χ3v) is 3.37. The van der Waals surface area contributed by atoms with Crippen molar-refractivity contribution in [2.45, 2.75) is 6.54 Å². The minimum atomic E-state index is 0.395. The number of thiocarbonyl (C=S) groups is 1. The number of nitrogens with zero attached hydrogens (tertiary/aromatic N) is 2. The van der Waals surface area contributed by atoms with E-state index in [0.29, 0.717) is 4.99 Å². The van der Waals surface area contributed by atoms with Gasteiger partial charge in [0.25, 0.3) is 0 Å². The van der Waals surface area contributed by atoms with Gasteiger partial charge in [0.05, 0.1) is 6.33 Å². The van der Waals surface area contributed by atoms with Gasteiger partial charge in [0, 0.05) is 41.2 Å². The maximum atomic E-state index is 5.60. The fourth-order valence-corrected chi connectivity index (χ4v) is 2.47. The van der Waals surface area contributed by atoms with Gasteiger partial charge in [-0.2, -0.15) is 0 Å². The number of hydrogen-bond acceptors (Lipinski definition) is 3. The normalized spacial score (nSPS) is 10.3. The Morgan fingerprint density at radius 3 is 2.94 bits per heavy atom. The topological polar surface area (TPSA) is 55.9 Å². The molecule has 94 valence electrons. The van der Waals surface area contributed by atoms with Crippen LogP contribution in [0.2, 0.25) is 0 Å². The highest BCUT2D eigenvalue weighted by molar-refractivity contribution is 9.10. The van der Waals surface area contributed by atoms with Gasteiger partial charge in [-0.05, 0) is 34.1 Å². The van der Waals surface area contributed by atoms with E-state index in [1.807, 2.05) is 29.0 Å². The number of benzene rings is 1. The third kappa shape index (κ3) is 3.30. The monoisotopic (exact) mass is 324 g/mol. The molecule has 0 aliphatic rings. The van der Waals surface area contributed by atoms with Crippen LogP contribution in [0, 0.1) is 0 Å². The molecule has 0 bridgehead atoms. The standard InChI is InChI=1S/C12H13BrN4S/c13-11-7-9(1-2-10(11)12(14)18)16-4-6-17-5-3-15-8-17/h1-3,5,7-8,16H,4,6H2,(H2,14,18). The Hall–Kier alpha value is -1.40. The van der Waals surface area contributed by atoms with Crippen molar-refractivity contribution < 1.29 is 0 Å². The van der Waals surface area contributed by atoms with Gasteiger partial charge >= 0.3 is 0 Å². The predicted molar refractivity (Wildman–Crippen MR) is 80.7 cm³/mol. The molecule has 3 N–H and O–H groups in total. The fourth-order valence-electron chi connectivity index (χ4n) is 1.57. The van der Waals surface area contributed by atoms with Crippen molar-refractivity contribution in [3.05, 3.63) is 47.0 Å². The van der Waals surface area contributed by atoms with Crippen molar-refractivity contribution >= 4 is 38.8 Å². The minimum absolute atomic E-state index is 0.395. The van der Waals surface area contributed by atoms with Crippen LogP contribution in [0.25, 0.3) is 0 Å². The van der Waals surface area contributed by atoms with Gasteiger partial charge < -0.3 is 15.6 Å². The molecule has 1 heterocycles. The summed E-state index contributed by atoms with van der Waals surface area (Å²) in [5, 5.41) is 3.33. The first-order valence-corrected chi connectivity index (χ1v) is 6.66. The molecule has 0 amide bonds. The van der Waals surface area contributed by atoms with E-state index in [9.17, 15) is 0 Å². The molecule has 0 saturated carbocycles. The van der Waals surface area contributed by atoms with Crippen LogP contribution in [-0.2, 0) is 6.54 Å². The summed E-state index contributed by atoms with van der Waals surface area (Å²) in [5.74, 6) is 0. The zero-order valence-electron chi connectivity index (χ0n) is 9.64. The lowest BCUT2D eigenvalue weighted by Gasteiger charge is -2.09. The molecule has 0 saturated heterocycles. The second kappa shape index (κ2) is 5.97. The van der Waals surface area contributed by atoms with Crippen molar-refractivity contribution in [3.63, 3.8) is 0 Å². The summed E-state index contributed by atoms with van der Waals surface area (Å²) >= 11 is 8.41. The molecule has 2 rings (SSSR count). The van der Waals surface area contributed by atoms with E-state index in [0.717, 1.165) is 28.8 Å². The van der Waals surface area contributed by atoms with Crippen molar-refractivity contribution in [1.29, 1.82) is 0 Å². The number of nitrogens with one attached hydrogen (secondary N) is 1. The number of aromatic nitrogens is 2. The van der Waals surface area contributed by atoms with Crippen molar-refractivity contribution in [2.75, 3.05) is 11.9 Å². The molecular weight excluding hydrogens is 312 g/mol. The molecule has 0 aliphatic carbocycles. The zero-order chi connectivity index (χ0) is 13.0. The number of halogens is 1. The first kappa shape index (κ1) is 13.0. The van der Waals surface area contributed by atoms with E-state index in [4.69, 9.17) is 18.0 Å². The van der Waals surface area contributed by atoms with Gasteiger partial charge in [-0.15, -0.1) is 0 Å². The minimum Gasteiger partial charge on any atom is -0.389 e. The van der Waals surface area contributed by atoms with Crippen LogP contribution >= 0.6 is 28.1 Å². The molecule has 2 aromatic rings. The number of anilines is 1. The highest BCUT2D eigenvalue weighted by atomic mass is 79.9. The van der Waals surface area contributed by atoms with E-state index in [-0.39, 0.29) is 0 Å². The summed E-state index contributed by atoms with van der Waals surface area (Å²) in [6.07, 6.45) is 5.51. The Morgan fingerprint density at radius 2 is 2.33 bits per heavy atom. The Kier molecular flexibility index (Phi) is 4.33. The molecule has 4 nitrogen and oxygen atoms in total. The SMILES string of the molecule is NC(=S)c1ccc(NCCn2ccnc2)cc1Br. The molecule has 0 spiro atoms. The van der Waals surface area contributed by atoms with E-state index in [2.05, 4.69) is 26.2 Å². The number of imidazole rings is 1. The summed E-state index contributed by atoms with van der Waals surface area (Å²) < 4.78 is 2.92. The Morgan fingerprint density at radius 1 is 1.50 bits per heavy atom. The van der Waals surface area contributed by atoms with E-state index >= 15 is 0 Å². The smallest absolute Gasteiger partial charge is 0.105 e. The third-order valence-electron chi connectivity index (χ3n) is 2.49. The summed E-state index contributed by atoms with van der Waals surface area (Å²) in [4.78, 5) is 4.39. The second-order valence-electron chi connectivity index (χ2n) is 3.79. The molecule has 0 fully saturated rings. The van der Waals surface area contributed by atoms with Crippen LogP contribution in [0.1, 0.15) is 5.56 Å². The molecule has 0 atom stereocenters. The zero-order valence-corrected chi connectivity index (χ0v) is 12.0. The van der Waals surface area contributed by atoms with E-state index in [1.54, 1.807) is 12.5 Å². The number of rotatable bonds is 5. The number of hydrogen-bond donors (Lipinski definition) is 2. The molecular formula is C12H13BrN4S. The van der Waals surface area contributed by atoms with Gasteiger partial charge in [0.2, 0.25) is 0 Å². The molecule has 0 unspecified atom stereocenters. The predicted octanol–water partition coefficient (Wildman–Crippen LogP) is 2.39. The molecule has 1 aromatic heterocycles. The van der Waals surface area contributed by atoms with Crippen LogP contribution in [-0.4, -0.2) is 21.1 Å². The molecule has 0 radical (unpaired) electrons. The fraction of sp³-hybridized carbons (Fsp3) is 0.167. The average molecular weight is 325 g/mol. The molecule has 6 heteroatoms. The summed E-state index contributed by atoms with van der Waals surface area (Å²) in [6.45, 7) is 1.70. The van der Waals surface area contributed by atoms with E-state index < -0.39 is 0 Å². The lowest BCUT2D eigenvalue weighted by Crippen LogP contribution is -2.12. The van der Waals surface area contributed by atoms with Gasteiger partial charge in [-0.3, -0.25) is 0 Å². The van der Waals surface area contributed by atoms with Crippen molar-refractivity contribution in [2.24, 2.45) is 5.73 Å². The van der Waals surface area contributed by atoms with Gasteiger partial charge in [0.15, 0.2) is 0 Å². The highest BCUT2D eigenvalue weighted by Crippen LogP contribution is 2.21. The maximum Gasteiger partial charge on any atom is 0.105 e. The molecule has 18 heavy (non-hydrogen) atoms.